The van der Waals surface area contributed by atoms with Gasteiger partial charge in [-0.3, -0.25) is 0 Å². The van der Waals surface area contributed by atoms with Gasteiger partial charge < -0.3 is 14.8 Å². The lowest BCUT2D eigenvalue weighted by atomic mass is 10.2. The zero-order chi connectivity index (χ0) is 11.7. The summed E-state index contributed by atoms with van der Waals surface area (Å²) in [6.45, 7) is 2.89. The van der Waals surface area contributed by atoms with Gasteiger partial charge in [-0.05, 0) is 12.1 Å². The van der Waals surface area contributed by atoms with Crippen molar-refractivity contribution in [1.29, 1.82) is 0 Å². The molecular weight excluding hydrogens is 212 g/mol. The lowest BCUT2D eigenvalue weighted by Gasteiger charge is -2.31. The van der Waals surface area contributed by atoms with E-state index in [4.69, 9.17) is 0 Å². The Labute approximate surface area is 101 Å². The average molecular weight is 228 g/mol. The fourth-order valence-electron chi connectivity index (χ4n) is 2.25. The second-order valence-corrected chi connectivity index (χ2v) is 4.40. The largest absolute Gasteiger partial charge is 0.382 e. The number of rotatable bonds is 2. The summed E-state index contributed by atoms with van der Waals surface area (Å²) in [5, 5.41) is 3.42. The number of fused-ring (bicyclic) bond motifs is 1. The van der Waals surface area contributed by atoms with Crippen molar-refractivity contribution < 1.29 is 0 Å². The Kier molecular flexibility index (Phi) is 2.48. The number of nitrogens with one attached hydrogen (secondary N) is 1. The summed E-state index contributed by atoms with van der Waals surface area (Å²) in [4.78, 5) is 6.75. The lowest BCUT2D eigenvalue weighted by molar-refractivity contribution is 0.774. The monoisotopic (exact) mass is 228 g/mol. The minimum absolute atomic E-state index is 0.875. The molecule has 2 aromatic rings. The van der Waals surface area contributed by atoms with Gasteiger partial charge in [-0.2, -0.15) is 0 Å². The maximum atomic E-state index is 4.38. The standard InChI is InChI=1S/C13H16N4/c1-16-8-11(15-10-16)9-17-7-6-14-12-4-2-3-5-13(12)17/h2-5,8,10,14H,6-7,9H2,1H3. The van der Waals surface area contributed by atoms with Crippen LogP contribution in [-0.2, 0) is 13.6 Å². The van der Waals surface area contributed by atoms with Crippen LogP contribution < -0.4 is 10.2 Å². The van der Waals surface area contributed by atoms with E-state index in [9.17, 15) is 0 Å². The number of hydrogen-bond donors (Lipinski definition) is 1. The van der Waals surface area contributed by atoms with Crippen LogP contribution in [0.3, 0.4) is 0 Å². The van der Waals surface area contributed by atoms with Crippen molar-refractivity contribution >= 4 is 11.4 Å². The molecule has 17 heavy (non-hydrogen) atoms. The first-order valence-electron chi connectivity index (χ1n) is 5.87. The normalized spacial score (nSPS) is 14.3. The van der Waals surface area contributed by atoms with E-state index in [1.165, 1.54) is 11.4 Å². The zero-order valence-corrected chi connectivity index (χ0v) is 9.93. The van der Waals surface area contributed by atoms with Crippen LogP contribution in [-0.4, -0.2) is 22.6 Å². The van der Waals surface area contributed by atoms with E-state index in [2.05, 4.69) is 45.7 Å². The molecule has 3 rings (SSSR count). The van der Waals surface area contributed by atoms with Crippen LogP contribution in [0.4, 0.5) is 11.4 Å². The van der Waals surface area contributed by atoms with Crippen LogP contribution in [0, 0.1) is 0 Å². The quantitative estimate of drug-likeness (QED) is 0.851. The van der Waals surface area contributed by atoms with E-state index in [0.29, 0.717) is 0 Å². The highest BCUT2D eigenvalue weighted by Gasteiger charge is 2.16. The van der Waals surface area contributed by atoms with Gasteiger partial charge in [0.1, 0.15) is 0 Å². The number of imidazole rings is 1. The Hall–Kier alpha value is -1.97. The zero-order valence-electron chi connectivity index (χ0n) is 9.93. The maximum Gasteiger partial charge on any atom is 0.0947 e. The topological polar surface area (TPSA) is 33.1 Å². The first-order valence-corrected chi connectivity index (χ1v) is 5.87. The SMILES string of the molecule is Cn1cnc(CN2CCNc3ccccc32)c1. The highest BCUT2D eigenvalue weighted by atomic mass is 15.2. The Morgan fingerprint density at radius 2 is 2.24 bits per heavy atom. The molecule has 2 heterocycles. The Bertz CT molecular complexity index is 518. The summed E-state index contributed by atoms with van der Waals surface area (Å²) in [5.74, 6) is 0. The lowest BCUT2D eigenvalue weighted by Crippen LogP contribution is -2.33. The van der Waals surface area contributed by atoms with Crippen molar-refractivity contribution in [2.24, 2.45) is 7.05 Å². The van der Waals surface area contributed by atoms with Gasteiger partial charge >= 0.3 is 0 Å². The van der Waals surface area contributed by atoms with Crippen LogP contribution in [0.25, 0.3) is 0 Å². The van der Waals surface area contributed by atoms with Gasteiger partial charge in [-0.1, -0.05) is 12.1 Å². The van der Waals surface area contributed by atoms with E-state index < -0.39 is 0 Å². The van der Waals surface area contributed by atoms with Crippen LogP contribution >= 0.6 is 0 Å². The van der Waals surface area contributed by atoms with E-state index in [1.807, 2.05) is 17.9 Å². The van der Waals surface area contributed by atoms with Crippen molar-refractivity contribution in [2.75, 3.05) is 23.3 Å². The smallest absolute Gasteiger partial charge is 0.0947 e. The molecule has 0 spiro atoms. The Morgan fingerprint density at radius 3 is 3.06 bits per heavy atom. The second-order valence-electron chi connectivity index (χ2n) is 4.40. The molecule has 4 nitrogen and oxygen atoms in total. The third-order valence-corrected chi connectivity index (χ3v) is 3.05. The molecule has 0 saturated heterocycles. The average Bonchev–Trinajstić information content (AvgIpc) is 2.75. The highest BCUT2D eigenvalue weighted by Crippen LogP contribution is 2.29. The fourth-order valence-corrected chi connectivity index (χ4v) is 2.25. The number of benzene rings is 1. The number of para-hydroxylation sites is 2. The molecule has 1 N–H and O–H groups in total. The molecule has 0 radical (unpaired) electrons. The van der Waals surface area contributed by atoms with Gasteiger partial charge in [-0.15, -0.1) is 0 Å². The molecule has 1 aromatic heterocycles. The number of aryl methyl sites for hydroxylation is 1. The number of hydrogen-bond acceptors (Lipinski definition) is 3. The Balaban J connectivity index is 1.85. The number of anilines is 2. The highest BCUT2D eigenvalue weighted by molar-refractivity contribution is 5.71. The molecule has 0 atom stereocenters. The van der Waals surface area contributed by atoms with E-state index >= 15 is 0 Å². The summed E-state index contributed by atoms with van der Waals surface area (Å²) in [6.07, 6.45) is 3.92. The molecule has 0 unspecified atom stereocenters. The van der Waals surface area contributed by atoms with Gasteiger partial charge in [-0.25, -0.2) is 4.98 Å². The number of aromatic nitrogens is 2. The van der Waals surface area contributed by atoms with Crippen molar-refractivity contribution in [3.8, 4) is 0 Å². The van der Waals surface area contributed by atoms with Crippen molar-refractivity contribution in [2.45, 2.75) is 6.54 Å². The first-order chi connectivity index (χ1) is 8.33. The van der Waals surface area contributed by atoms with Gasteiger partial charge in [0, 0.05) is 26.3 Å². The molecule has 0 fully saturated rings. The minimum Gasteiger partial charge on any atom is -0.382 e. The molecule has 4 heteroatoms. The molecule has 0 amide bonds. The summed E-state index contributed by atoms with van der Waals surface area (Å²) in [6, 6.07) is 8.43. The van der Waals surface area contributed by atoms with Crippen molar-refractivity contribution in [1.82, 2.24) is 9.55 Å². The van der Waals surface area contributed by atoms with E-state index in [1.54, 1.807) is 0 Å². The summed E-state index contributed by atoms with van der Waals surface area (Å²) < 4.78 is 1.99. The molecule has 88 valence electrons. The van der Waals surface area contributed by atoms with Crippen molar-refractivity contribution in [3.05, 3.63) is 42.5 Å². The fraction of sp³-hybridized carbons (Fsp3) is 0.308. The second kappa shape index (κ2) is 4.13. The third kappa shape index (κ3) is 1.98. The Morgan fingerprint density at radius 1 is 1.35 bits per heavy atom. The summed E-state index contributed by atoms with van der Waals surface area (Å²) in [7, 11) is 2.00. The van der Waals surface area contributed by atoms with E-state index in [0.717, 1.165) is 25.3 Å². The third-order valence-electron chi connectivity index (χ3n) is 3.05. The predicted molar refractivity (Wildman–Crippen MR) is 69.2 cm³/mol. The minimum atomic E-state index is 0.875. The van der Waals surface area contributed by atoms with E-state index in [-0.39, 0.29) is 0 Å². The molecular formula is C13H16N4. The molecule has 1 aliphatic heterocycles. The molecule has 0 bridgehead atoms. The molecule has 1 aromatic carbocycles. The molecule has 0 saturated carbocycles. The van der Waals surface area contributed by atoms with Gasteiger partial charge in [0.25, 0.3) is 0 Å². The maximum absolute atomic E-state index is 4.38. The first kappa shape index (κ1) is 10.2. The van der Waals surface area contributed by atoms with Crippen LogP contribution in [0.2, 0.25) is 0 Å². The summed E-state index contributed by atoms with van der Waals surface area (Å²) in [5.41, 5.74) is 3.60. The molecule has 0 aliphatic carbocycles. The summed E-state index contributed by atoms with van der Waals surface area (Å²) >= 11 is 0. The predicted octanol–water partition coefficient (Wildman–Crippen LogP) is 1.85. The van der Waals surface area contributed by atoms with Crippen LogP contribution in [0.5, 0.6) is 0 Å². The molecule has 1 aliphatic rings. The van der Waals surface area contributed by atoms with Crippen LogP contribution in [0.1, 0.15) is 5.69 Å². The van der Waals surface area contributed by atoms with Gasteiger partial charge in [0.05, 0.1) is 29.9 Å². The van der Waals surface area contributed by atoms with Gasteiger partial charge in [0.15, 0.2) is 0 Å². The van der Waals surface area contributed by atoms with Crippen LogP contribution in [0.15, 0.2) is 36.8 Å². The van der Waals surface area contributed by atoms with Gasteiger partial charge in [0.2, 0.25) is 0 Å². The van der Waals surface area contributed by atoms with Crippen molar-refractivity contribution in [3.63, 3.8) is 0 Å². The number of nitrogens with zero attached hydrogens (tertiary/aromatic N) is 3.